The molecule has 2 N–H and O–H groups in total. The van der Waals surface area contributed by atoms with Crippen LogP contribution in [0.1, 0.15) is 44.1 Å². The Morgan fingerprint density at radius 3 is 2.67 bits per heavy atom. The number of carbonyl (C=O) groups excluding carboxylic acids is 2. The maximum atomic E-state index is 12.8. The molecule has 0 aliphatic carbocycles. The molecule has 0 radical (unpaired) electrons. The third-order valence-corrected chi connectivity index (χ3v) is 4.21. The van der Waals surface area contributed by atoms with Crippen molar-refractivity contribution in [1.29, 1.82) is 0 Å². The molecule has 0 saturated carbocycles. The Kier molecular flexibility index (Phi) is 5.37. The normalized spacial score (nSPS) is 20.0. The number of hydrogen-bond acceptors (Lipinski definition) is 2. The van der Waals surface area contributed by atoms with E-state index in [1.165, 1.54) is 0 Å². The molecular formula is C17H24N2O2. The molecule has 114 valence electrons. The van der Waals surface area contributed by atoms with Gasteiger partial charge >= 0.3 is 0 Å². The lowest BCUT2D eigenvalue weighted by molar-refractivity contribution is -0.136. The van der Waals surface area contributed by atoms with Gasteiger partial charge in [-0.25, -0.2) is 0 Å². The second kappa shape index (κ2) is 7.25. The van der Waals surface area contributed by atoms with Crippen molar-refractivity contribution >= 4 is 11.8 Å². The van der Waals surface area contributed by atoms with Crippen LogP contribution in [0.15, 0.2) is 30.3 Å². The van der Waals surface area contributed by atoms with Crippen molar-refractivity contribution in [2.45, 2.75) is 38.5 Å². The SMILES string of the molecule is CCCC(C(=O)N1CCCC(C(N)=O)C1)c1ccccc1. The summed E-state index contributed by atoms with van der Waals surface area (Å²) in [6.45, 7) is 3.29. The molecule has 1 saturated heterocycles. The van der Waals surface area contributed by atoms with Crippen molar-refractivity contribution in [2.24, 2.45) is 11.7 Å². The van der Waals surface area contributed by atoms with E-state index in [0.29, 0.717) is 6.54 Å². The molecule has 1 aliphatic heterocycles. The molecule has 1 fully saturated rings. The molecule has 1 aliphatic rings. The highest BCUT2D eigenvalue weighted by atomic mass is 16.2. The van der Waals surface area contributed by atoms with E-state index in [1.54, 1.807) is 0 Å². The van der Waals surface area contributed by atoms with Crippen LogP contribution in [-0.4, -0.2) is 29.8 Å². The molecule has 0 spiro atoms. The summed E-state index contributed by atoms with van der Waals surface area (Å²) in [5.41, 5.74) is 6.46. The first kappa shape index (κ1) is 15.5. The molecule has 1 heterocycles. The number of amides is 2. The average Bonchev–Trinajstić information content (AvgIpc) is 2.53. The van der Waals surface area contributed by atoms with E-state index >= 15 is 0 Å². The van der Waals surface area contributed by atoms with Gasteiger partial charge in [0.2, 0.25) is 11.8 Å². The largest absolute Gasteiger partial charge is 0.369 e. The van der Waals surface area contributed by atoms with Gasteiger partial charge in [0.15, 0.2) is 0 Å². The van der Waals surface area contributed by atoms with Gasteiger partial charge in [-0.1, -0.05) is 43.7 Å². The fraction of sp³-hybridized carbons (Fsp3) is 0.529. The molecular weight excluding hydrogens is 264 g/mol. The smallest absolute Gasteiger partial charge is 0.230 e. The van der Waals surface area contributed by atoms with Gasteiger partial charge in [0.05, 0.1) is 11.8 Å². The van der Waals surface area contributed by atoms with Gasteiger partial charge in [0.25, 0.3) is 0 Å². The maximum absolute atomic E-state index is 12.8. The van der Waals surface area contributed by atoms with Crippen molar-refractivity contribution in [1.82, 2.24) is 4.90 Å². The predicted octanol–water partition coefficient (Wildman–Crippen LogP) is 2.29. The number of piperidine rings is 1. The van der Waals surface area contributed by atoms with E-state index in [1.807, 2.05) is 35.2 Å². The van der Waals surface area contributed by atoms with Crippen molar-refractivity contribution in [3.05, 3.63) is 35.9 Å². The molecule has 2 amide bonds. The molecule has 1 aromatic carbocycles. The van der Waals surface area contributed by atoms with E-state index in [9.17, 15) is 9.59 Å². The fourth-order valence-electron chi connectivity index (χ4n) is 3.04. The molecule has 2 unspecified atom stereocenters. The van der Waals surface area contributed by atoms with Gasteiger partial charge in [-0.2, -0.15) is 0 Å². The quantitative estimate of drug-likeness (QED) is 0.903. The highest BCUT2D eigenvalue weighted by molar-refractivity contribution is 5.85. The van der Waals surface area contributed by atoms with Crippen LogP contribution in [-0.2, 0) is 9.59 Å². The Bertz CT molecular complexity index is 487. The van der Waals surface area contributed by atoms with Gasteiger partial charge in [-0.15, -0.1) is 0 Å². The molecule has 2 atom stereocenters. The summed E-state index contributed by atoms with van der Waals surface area (Å²) in [5.74, 6) is -0.461. The lowest BCUT2D eigenvalue weighted by Crippen LogP contribution is -2.45. The van der Waals surface area contributed by atoms with Crippen LogP contribution in [0.5, 0.6) is 0 Å². The van der Waals surface area contributed by atoms with E-state index in [4.69, 9.17) is 5.73 Å². The molecule has 0 bridgehead atoms. The zero-order valence-corrected chi connectivity index (χ0v) is 12.6. The summed E-state index contributed by atoms with van der Waals surface area (Å²) in [5, 5.41) is 0. The second-order valence-electron chi connectivity index (χ2n) is 5.78. The molecule has 21 heavy (non-hydrogen) atoms. The van der Waals surface area contributed by atoms with Crippen LogP contribution in [0.4, 0.5) is 0 Å². The summed E-state index contributed by atoms with van der Waals surface area (Å²) < 4.78 is 0. The number of carbonyl (C=O) groups is 2. The molecule has 1 aromatic rings. The topological polar surface area (TPSA) is 63.4 Å². The predicted molar refractivity (Wildman–Crippen MR) is 82.6 cm³/mol. The van der Waals surface area contributed by atoms with E-state index in [2.05, 4.69) is 6.92 Å². The number of likely N-dealkylation sites (tertiary alicyclic amines) is 1. The standard InChI is InChI=1S/C17H24N2O2/c1-2-7-15(13-8-4-3-5-9-13)17(21)19-11-6-10-14(12-19)16(18)20/h3-5,8-9,14-15H,2,6-7,10-12H2,1H3,(H2,18,20). The zero-order valence-electron chi connectivity index (χ0n) is 12.6. The highest BCUT2D eigenvalue weighted by Crippen LogP contribution is 2.26. The minimum absolute atomic E-state index is 0.108. The molecule has 4 heteroatoms. The van der Waals surface area contributed by atoms with Gasteiger partial charge < -0.3 is 10.6 Å². The van der Waals surface area contributed by atoms with E-state index in [-0.39, 0.29) is 23.7 Å². The maximum Gasteiger partial charge on any atom is 0.230 e. The van der Waals surface area contributed by atoms with Crippen LogP contribution < -0.4 is 5.73 Å². The van der Waals surface area contributed by atoms with Gasteiger partial charge in [0.1, 0.15) is 0 Å². The Balaban J connectivity index is 2.13. The number of hydrogen-bond donors (Lipinski definition) is 1. The lowest BCUT2D eigenvalue weighted by Gasteiger charge is -2.34. The summed E-state index contributed by atoms with van der Waals surface area (Å²) in [4.78, 5) is 26.0. The summed E-state index contributed by atoms with van der Waals surface area (Å²) >= 11 is 0. The first-order chi connectivity index (χ1) is 10.1. The van der Waals surface area contributed by atoms with Crippen LogP contribution >= 0.6 is 0 Å². The monoisotopic (exact) mass is 288 g/mol. The van der Waals surface area contributed by atoms with Crippen molar-refractivity contribution in [3.63, 3.8) is 0 Å². The van der Waals surface area contributed by atoms with Gasteiger partial charge in [-0.05, 0) is 24.8 Å². The van der Waals surface area contributed by atoms with Crippen molar-refractivity contribution < 1.29 is 9.59 Å². The second-order valence-corrected chi connectivity index (χ2v) is 5.78. The Hall–Kier alpha value is -1.84. The number of rotatable bonds is 5. The number of nitrogens with two attached hydrogens (primary N) is 1. The first-order valence-corrected chi connectivity index (χ1v) is 7.76. The third-order valence-electron chi connectivity index (χ3n) is 4.21. The van der Waals surface area contributed by atoms with E-state index in [0.717, 1.165) is 37.8 Å². The van der Waals surface area contributed by atoms with Crippen LogP contribution in [0.25, 0.3) is 0 Å². The lowest BCUT2D eigenvalue weighted by atomic mass is 9.90. The van der Waals surface area contributed by atoms with Crippen LogP contribution in [0.2, 0.25) is 0 Å². The highest BCUT2D eigenvalue weighted by Gasteiger charge is 2.31. The Morgan fingerprint density at radius 1 is 1.33 bits per heavy atom. The number of benzene rings is 1. The summed E-state index contributed by atoms with van der Waals surface area (Å²) in [7, 11) is 0. The molecule has 4 nitrogen and oxygen atoms in total. The van der Waals surface area contributed by atoms with Crippen molar-refractivity contribution in [2.75, 3.05) is 13.1 Å². The fourth-order valence-corrected chi connectivity index (χ4v) is 3.04. The first-order valence-electron chi connectivity index (χ1n) is 7.76. The number of primary amides is 1. The average molecular weight is 288 g/mol. The summed E-state index contributed by atoms with van der Waals surface area (Å²) in [6, 6.07) is 9.91. The molecule has 2 rings (SSSR count). The Labute approximate surface area is 126 Å². The number of nitrogens with zero attached hydrogens (tertiary/aromatic N) is 1. The zero-order chi connectivity index (χ0) is 15.2. The minimum Gasteiger partial charge on any atom is -0.369 e. The van der Waals surface area contributed by atoms with Crippen LogP contribution in [0, 0.1) is 5.92 Å². The summed E-state index contributed by atoms with van der Waals surface area (Å²) in [6.07, 6.45) is 3.44. The minimum atomic E-state index is -0.292. The third kappa shape index (κ3) is 3.84. The van der Waals surface area contributed by atoms with E-state index < -0.39 is 0 Å². The van der Waals surface area contributed by atoms with Crippen LogP contribution in [0.3, 0.4) is 0 Å². The molecule has 0 aromatic heterocycles. The van der Waals surface area contributed by atoms with Crippen molar-refractivity contribution in [3.8, 4) is 0 Å². The Morgan fingerprint density at radius 2 is 2.05 bits per heavy atom. The van der Waals surface area contributed by atoms with Gasteiger partial charge in [-0.3, -0.25) is 9.59 Å². The van der Waals surface area contributed by atoms with Gasteiger partial charge in [0, 0.05) is 13.1 Å².